The van der Waals surface area contributed by atoms with Gasteiger partial charge in [-0.25, -0.2) is 0 Å². The van der Waals surface area contributed by atoms with E-state index in [1.807, 2.05) is 6.92 Å². The van der Waals surface area contributed by atoms with Crippen LogP contribution < -0.4 is 0 Å². The minimum Gasteiger partial charge on any atom is -0.263 e. The molecule has 0 N–H and O–H groups in total. The fourth-order valence-electron chi connectivity index (χ4n) is 0.715. The maximum Gasteiger partial charge on any atom is 0.0748 e. The summed E-state index contributed by atoms with van der Waals surface area (Å²) in [5, 5.41) is 0.544. The third kappa shape index (κ3) is 1.12. The van der Waals surface area contributed by atoms with Crippen molar-refractivity contribution in [3.05, 3.63) is 28.5 Å². The molecule has 10 heavy (non-hydrogen) atoms. The second kappa shape index (κ2) is 2.72. The molecule has 1 nitrogen and oxygen atoms in total. The maximum absolute atomic E-state index is 5.72. The Labute approximate surface area is 65.0 Å². The molecule has 0 bridgehead atoms. The van der Waals surface area contributed by atoms with Crippen molar-refractivity contribution in [2.24, 2.45) is 0 Å². The van der Waals surface area contributed by atoms with Crippen LogP contribution in [0.25, 0.3) is 0 Å². The summed E-state index contributed by atoms with van der Waals surface area (Å²) in [6.45, 7) is 1.88. The molecule has 50 valence electrons. The van der Waals surface area contributed by atoms with Gasteiger partial charge < -0.3 is 0 Å². The van der Waals surface area contributed by atoms with Crippen molar-refractivity contribution in [1.82, 2.24) is 4.98 Å². The SMILES string of the molecule is C#Cc1c(C)cncc1Cl. The molecule has 0 aromatic carbocycles. The zero-order valence-electron chi connectivity index (χ0n) is 5.56. The molecule has 0 saturated carbocycles. The lowest BCUT2D eigenvalue weighted by molar-refractivity contribution is 1.25. The van der Waals surface area contributed by atoms with E-state index >= 15 is 0 Å². The molecule has 1 aromatic rings. The van der Waals surface area contributed by atoms with Crippen LogP contribution in [0.3, 0.4) is 0 Å². The number of hydrogen-bond donors (Lipinski definition) is 0. The molecule has 0 aliphatic carbocycles. The Morgan fingerprint density at radius 3 is 2.70 bits per heavy atom. The van der Waals surface area contributed by atoms with Gasteiger partial charge >= 0.3 is 0 Å². The minimum absolute atomic E-state index is 0.544. The number of hydrogen-bond acceptors (Lipinski definition) is 1. The molecule has 0 fully saturated rings. The molecule has 0 radical (unpaired) electrons. The molecule has 1 heterocycles. The van der Waals surface area contributed by atoms with E-state index in [0.29, 0.717) is 5.02 Å². The van der Waals surface area contributed by atoms with Crippen LogP contribution >= 0.6 is 11.6 Å². The fourth-order valence-corrected chi connectivity index (χ4v) is 0.975. The third-order valence-corrected chi connectivity index (χ3v) is 1.52. The molecule has 1 aromatic heterocycles. The molecule has 0 amide bonds. The van der Waals surface area contributed by atoms with Gasteiger partial charge in [0.2, 0.25) is 0 Å². The van der Waals surface area contributed by atoms with E-state index in [0.717, 1.165) is 11.1 Å². The summed E-state index contributed by atoms with van der Waals surface area (Å²) in [6, 6.07) is 0. The highest BCUT2D eigenvalue weighted by Crippen LogP contribution is 2.15. The van der Waals surface area contributed by atoms with E-state index in [4.69, 9.17) is 18.0 Å². The standard InChI is InChI=1S/C8H6ClN/c1-3-7-6(2)4-10-5-8(7)9/h1,4-5H,2H3. The highest BCUT2D eigenvalue weighted by atomic mass is 35.5. The Hall–Kier alpha value is -1.00. The first-order valence-corrected chi connectivity index (χ1v) is 3.20. The summed E-state index contributed by atoms with van der Waals surface area (Å²) in [5.74, 6) is 2.49. The van der Waals surface area contributed by atoms with Crippen LogP contribution in [-0.4, -0.2) is 4.98 Å². The van der Waals surface area contributed by atoms with Crippen LogP contribution in [0.5, 0.6) is 0 Å². The zero-order chi connectivity index (χ0) is 7.56. The van der Waals surface area contributed by atoms with Crippen molar-refractivity contribution in [2.45, 2.75) is 6.92 Å². The van der Waals surface area contributed by atoms with Crippen LogP contribution in [0.4, 0.5) is 0 Å². The number of rotatable bonds is 0. The van der Waals surface area contributed by atoms with Crippen molar-refractivity contribution in [2.75, 3.05) is 0 Å². The Kier molecular flexibility index (Phi) is 1.94. The Balaban J connectivity index is 3.34. The van der Waals surface area contributed by atoms with Gasteiger partial charge in [0.05, 0.1) is 5.02 Å². The van der Waals surface area contributed by atoms with E-state index in [1.54, 1.807) is 12.4 Å². The van der Waals surface area contributed by atoms with Gasteiger partial charge in [0.15, 0.2) is 0 Å². The van der Waals surface area contributed by atoms with Crippen LogP contribution in [0, 0.1) is 19.3 Å². The predicted molar refractivity (Wildman–Crippen MR) is 41.9 cm³/mol. The normalized spacial score (nSPS) is 8.90. The number of pyridine rings is 1. The van der Waals surface area contributed by atoms with Gasteiger partial charge in [-0.1, -0.05) is 17.5 Å². The quantitative estimate of drug-likeness (QED) is 0.517. The fraction of sp³-hybridized carbons (Fsp3) is 0.125. The lowest BCUT2D eigenvalue weighted by Crippen LogP contribution is -1.84. The Morgan fingerprint density at radius 1 is 1.60 bits per heavy atom. The summed E-state index contributed by atoms with van der Waals surface area (Å²) in [5.41, 5.74) is 1.67. The van der Waals surface area contributed by atoms with Crippen LogP contribution in [-0.2, 0) is 0 Å². The molecule has 2 heteroatoms. The first-order valence-electron chi connectivity index (χ1n) is 2.82. The molecule has 0 spiro atoms. The molecule has 0 aliphatic heterocycles. The maximum atomic E-state index is 5.72. The van der Waals surface area contributed by atoms with Crippen LogP contribution in [0.1, 0.15) is 11.1 Å². The van der Waals surface area contributed by atoms with Gasteiger partial charge in [0.25, 0.3) is 0 Å². The lowest BCUT2D eigenvalue weighted by atomic mass is 10.2. The summed E-state index contributed by atoms with van der Waals surface area (Å²) >= 11 is 5.72. The summed E-state index contributed by atoms with van der Waals surface area (Å²) in [4.78, 5) is 3.86. The zero-order valence-corrected chi connectivity index (χ0v) is 6.31. The molecule has 0 unspecified atom stereocenters. The number of terminal acetylenes is 1. The van der Waals surface area contributed by atoms with Gasteiger partial charge in [-0.05, 0) is 12.5 Å². The monoisotopic (exact) mass is 151 g/mol. The second-order valence-corrected chi connectivity index (χ2v) is 2.36. The topological polar surface area (TPSA) is 12.9 Å². The van der Waals surface area contributed by atoms with E-state index in [9.17, 15) is 0 Å². The van der Waals surface area contributed by atoms with Crippen LogP contribution in [0.2, 0.25) is 5.02 Å². The smallest absolute Gasteiger partial charge is 0.0748 e. The van der Waals surface area contributed by atoms with Crippen molar-refractivity contribution in [3.8, 4) is 12.3 Å². The van der Waals surface area contributed by atoms with Gasteiger partial charge in [-0.15, -0.1) is 6.42 Å². The molecular formula is C8H6ClN. The molecule has 0 saturated heterocycles. The lowest BCUT2D eigenvalue weighted by Gasteiger charge is -1.97. The largest absolute Gasteiger partial charge is 0.263 e. The van der Waals surface area contributed by atoms with Gasteiger partial charge in [0, 0.05) is 18.0 Å². The summed E-state index contributed by atoms with van der Waals surface area (Å²) in [6.07, 6.45) is 8.43. The number of halogens is 1. The number of aryl methyl sites for hydroxylation is 1. The number of nitrogens with zero attached hydrogens (tertiary/aromatic N) is 1. The van der Waals surface area contributed by atoms with Gasteiger partial charge in [-0.3, -0.25) is 4.98 Å². The van der Waals surface area contributed by atoms with Crippen molar-refractivity contribution in [3.63, 3.8) is 0 Å². The van der Waals surface area contributed by atoms with Crippen LogP contribution in [0.15, 0.2) is 12.4 Å². The highest BCUT2D eigenvalue weighted by Gasteiger charge is 1.98. The average molecular weight is 152 g/mol. The molecule has 0 atom stereocenters. The minimum atomic E-state index is 0.544. The third-order valence-electron chi connectivity index (χ3n) is 1.23. The van der Waals surface area contributed by atoms with Crippen molar-refractivity contribution >= 4 is 11.6 Å². The van der Waals surface area contributed by atoms with Crippen molar-refractivity contribution < 1.29 is 0 Å². The highest BCUT2D eigenvalue weighted by molar-refractivity contribution is 6.31. The van der Waals surface area contributed by atoms with E-state index in [2.05, 4.69) is 10.9 Å². The van der Waals surface area contributed by atoms with E-state index in [1.165, 1.54) is 0 Å². The summed E-state index contributed by atoms with van der Waals surface area (Å²) in [7, 11) is 0. The van der Waals surface area contributed by atoms with Gasteiger partial charge in [-0.2, -0.15) is 0 Å². The first kappa shape index (κ1) is 7.11. The predicted octanol–water partition coefficient (Wildman–Crippen LogP) is 2.02. The van der Waals surface area contributed by atoms with E-state index in [-0.39, 0.29) is 0 Å². The first-order chi connectivity index (χ1) is 4.75. The molecule has 0 aliphatic rings. The van der Waals surface area contributed by atoms with Crippen molar-refractivity contribution in [1.29, 1.82) is 0 Å². The molecular weight excluding hydrogens is 146 g/mol. The van der Waals surface area contributed by atoms with E-state index < -0.39 is 0 Å². The summed E-state index contributed by atoms with van der Waals surface area (Å²) < 4.78 is 0. The average Bonchev–Trinajstić information content (AvgIpc) is 1.88. The second-order valence-electron chi connectivity index (χ2n) is 1.96. The Morgan fingerprint density at radius 2 is 2.30 bits per heavy atom. The van der Waals surface area contributed by atoms with Gasteiger partial charge in [0.1, 0.15) is 0 Å². The Bertz CT molecular complexity index is 266. The molecule has 1 rings (SSSR count). The number of aromatic nitrogens is 1.